The van der Waals surface area contributed by atoms with Crippen molar-refractivity contribution in [2.24, 2.45) is 17.8 Å². The fourth-order valence-electron chi connectivity index (χ4n) is 7.20. The Kier molecular flexibility index (Phi) is 8.43. The van der Waals surface area contributed by atoms with E-state index in [0.717, 1.165) is 52.1 Å². The van der Waals surface area contributed by atoms with Crippen molar-refractivity contribution in [3.8, 4) is 5.75 Å². The summed E-state index contributed by atoms with van der Waals surface area (Å²) in [6, 6.07) is 21.3. The Balaban J connectivity index is 1.18. The molecule has 6 rings (SSSR count). The van der Waals surface area contributed by atoms with E-state index in [2.05, 4.69) is 18.3 Å². The topological polar surface area (TPSA) is 88.1 Å². The van der Waals surface area contributed by atoms with Crippen molar-refractivity contribution in [1.82, 2.24) is 0 Å². The number of amides is 2. The van der Waals surface area contributed by atoms with Gasteiger partial charge < -0.3 is 19.9 Å². The molecular formula is C37H40N2O5. The van der Waals surface area contributed by atoms with Gasteiger partial charge in [0.2, 0.25) is 11.8 Å². The van der Waals surface area contributed by atoms with Gasteiger partial charge in [0.25, 0.3) is 0 Å². The quantitative estimate of drug-likeness (QED) is 0.204. The molecule has 3 aromatic carbocycles. The number of carbonyl (C=O) groups excluding carboxylic acids is 2. The second kappa shape index (κ2) is 12.4. The first-order valence-electron chi connectivity index (χ1n) is 15.3. The van der Waals surface area contributed by atoms with Crippen molar-refractivity contribution in [3.63, 3.8) is 0 Å². The summed E-state index contributed by atoms with van der Waals surface area (Å²) in [6.45, 7) is 6.80. The van der Waals surface area contributed by atoms with Crippen molar-refractivity contribution in [1.29, 1.82) is 0 Å². The van der Waals surface area contributed by atoms with Gasteiger partial charge in [0.1, 0.15) is 5.75 Å². The fraction of sp³-hybridized carbons (Fsp3) is 0.351. The van der Waals surface area contributed by atoms with Crippen LogP contribution < -0.4 is 10.2 Å². The highest BCUT2D eigenvalue weighted by atomic mass is 16.5. The Hall–Kier alpha value is -4.20. The van der Waals surface area contributed by atoms with Crippen molar-refractivity contribution < 1.29 is 24.2 Å². The van der Waals surface area contributed by atoms with Crippen LogP contribution in [0.3, 0.4) is 0 Å². The van der Waals surface area contributed by atoms with Gasteiger partial charge in [0.05, 0.1) is 36.8 Å². The number of imide groups is 1. The molecule has 0 radical (unpaired) electrons. The van der Waals surface area contributed by atoms with Gasteiger partial charge in [-0.1, -0.05) is 29.8 Å². The number of benzene rings is 3. The van der Waals surface area contributed by atoms with E-state index in [9.17, 15) is 14.7 Å². The van der Waals surface area contributed by atoms with Crippen LogP contribution in [0.4, 0.5) is 17.1 Å². The number of ether oxygens (including phenoxy) is 2. The number of para-hydroxylation sites is 1. The molecule has 2 heterocycles. The number of rotatable bonds is 9. The van der Waals surface area contributed by atoms with Gasteiger partial charge in [-0.2, -0.15) is 0 Å². The van der Waals surface area contributed by atoms with Crippen molar-refractivity contribution >= 4 is 35.0 Å². The lowest BCUT2D eigenvalue weighted by Gasteiger charge is -2.31. The Bertz CT molecular complexity index is 1600. The molecule has 7 nitrogen and oxygen atoms in total. The lowest BCUT2D eigenvalue weighted by Crippen LogP contribution is -2.35. The normalized spacial score (nSPS) is 23.3. The molecule has 2 saturated heterocycles. The molecule has 7 heteroatoms. The summed E-state index contributed by atoms with van der Waals surface area (Å²) in [7, 11) is 1.67. The number of allylic oxidation sites excluding steroid dienone is 1. The van der Waals surface area contributed by atoms with Crippen LogP contribution in [-0.4, -0.2) is 43.3 Å². The summed E-state index contributed by atoms with van der Waals surface area (Å²) < 4.78 is 12.0. The number of hydrogen-bond acceptors (Lipinski definition) is 6. The molecule has 2 aliphatic heterocycles. The van der Waals surface area contributed by atoms with Crippen LogP contribution >= 0.6 is 0 Å². The Morgan fingerprint density at radius 1 is 1.00 bits per heavy atom. The molecule has 2 N–H and O–H groups in total. The minimum absolute atomic E-state index is 0.113. The average Bonchev–Trinajstić information content (AvgIpc) is 3.54. The highest BCUT2D eigenvalue weighted by Crippen LogP contribution is 2.50. The summed E-state index contributed by atoms with van der Waals surface area (Å²) in [5.41, 5.74) is 8.71. The van der Waals surface area contributed by atoms with E-state index in [-0.39, 0.29) is 23.8 Å². The largest absolute Gasteiger partial charge is 0.507 e. The number of aryl methyl sites for hydroxylation is 2. The number of carbonyl (C=O) groups is 2. The van der Waals surface area contributed by atoms with Gasteiger partial charge in [0, 0.05) is 24.4 Å². The zero-order valence-corrected chi connectivity index (χ0v) is 25.8. The number of phenols is 1. The number of nitrogens with zero attached hydrogens (tertiary/aromatic N) is 1. The predicted octanol–water partition coefficient (Wildman–Crippen LogP) is 7.10. The third-order valence-electron chi connectivity index (χ3n) is 9.24. The predicted molar refractivity (Wildman–Crippen MR) is 173 cm³/mol. The maximum absolute atomic E-state index is 13.9. The molecule has 0 saturated carbocycles. The van der Waals surface area contributed by atoms with Crippen LogP contribution in [0.15, 0.2) is 83.4 Å². The second-order valence-corrected chi connectivity index (χ2v) is 12.3. The first-order chi connectivity index (χ1) is 21.2. The molecule has 228 valence electrons. The van der Waals surface area contributed by atoms with Gasteiger partial charge in [-0.3, -0.25) is 14.5 Å². The number of aromatic hydroxyl groups is 1. The summed E-state index contributed by atoms with van der Waals surface area (Å²) in [5, 5.41) is 13.5. The maximum Gasteiger partial charge on any atom is 0.238 e. The lowest BCUT2D eigenvalue weighted by atomic mass is 9.69. The summed E-state index contributed by atoms with van der Waals surface area (Å²) in [4.78, 5) is 29.1. The summed E-state index contributed by atoms with van der Waals surface area (Å²) >= 11 is 0. The first kappa shape index (κ1) is 29.9. The number of methoxy groups -OCH3 is 1. The van der Waals surface area contributed by atoms with Crippen LogP contribution in [-0.2, 0) is 19.1 Å². The van der Waals surface area contributed by atoms with Crippen LogP contribution in [0, 0.1) is 31.6 Å². The van der Waals surface area contributed by atoms with Crippen LogP contribution in [0.1, 0.15) is 42.9 Å². The molecule has 44 heavy (non-hydrogen) atoms. The molecule has 3 aromatic rings. The number of fused-ring (bicyclic) bond motifs is 3. The molecule has 0 bridgehead atoms. The number of hydrogen-bond donors (Lipinski definition) is 2. The van der Waals surface area contributed by atoms with Gasteiger partial charge >= 0.3 is 0 Å². The van der Waals surface area contributed by atoms with Crippen LogP contribution in [0.2, 0.25) is 0 Å². The molecule has 2 fully saturated rings. The Labute approximate surface area is 259 Å². The smallest absolute Gasteiger partial charge is 0.238 e. The van der Waals surface area contributed by atoms with Crippen molar-refractivity contribution in [2.45, 2.75) is 46.1 Å². The molecule has 0 spiro atoms. The van der Waals surface area contributed by atoms with Gasteiger partial charge in [0.15, 0.2) is 0 Å². The minimum Gasteiger partial charge on any atom is -0.507 e. The summed E-state index contributed by atoms with van der Waals surface area (Å²) in [6.07, 6.45) is 4.18. The van der Waals surface area contributed by atoms with E-state index in [4.69, 9.17) is 9.47 Å². The summed E-state index contributed by atoms with van der Waals surface area (Å²) in [5.74, 6) is -0.900. The lowest BCUT2D eigenvalue weighted by molar-refractivity contribution is -0.122. The molecule has 4 atom stereocenters. The third kappa shape index (κ3) is 5.70. The Morgan fingerprint density at radius 2 is 1.68 bits per heavy atom. The zero-order chi connectivity index (χ0) is 31.0. The van der Waals surface area contributed by atoms with E-state index in [1.165, 1.54) is 10.5 Å². The minimum atomic E-state index is -0.426. The van der Waals surface area contributed by atoms with E-state index in [0.29, 0.717) is 31.1 Å². The van der Waals surface area contributed by atoms with Gasteiger partial charge in [-0.25, -0.2) is 0 Å². The highest BCUT2D eigenvalue weighted by molar-refractivity contribution is 6.22. The van der Waals surface area contributed by atoms with E-state index >= 15 is 0 Å². The average molecular weight is 593 g/mol. The maximum atomic E-state index is 13.9. The standard InChI is InChI=1S/C37H40N2O5/c1-22(16-25-17-23(2)35(40)24(3)18-25)10-15-32-33-26(20-43-4)19-30-34(31(33)21-44-32)37(42)39(36(30)41)29-13-11-28(12-14-29)38-27-8-6-5-7-9-27/h5-9,11-14,16-18,30-32,34,38,40H,10,15,19-21H2,1-4H3/b22-16+/t30-,31+,32-,34-/m1/s1. The molecule has 1 aliphatic carbocycles. The Morgan fingerprint density at radius 3 is 2.36 bits per heavy atom. The van der Waals surface area contributed by atoms with Crippen LogP contribution in [0.5, 0.6) is 5.75 Å². The molecule has 0 unspecified atom stereocenters. The fourth-order valence-corrected chi connectivity index (χ4v) is 7.20. The van der Waals surface area contributed by atoms with Gasteiger partial charge in [-0.15, -0.1) is 0 Å². The van der Waals surface area contributed by atoms with E-state index in [1.54, 1.807) is 7.11 Å². The van der Waals surface area contributed by atoms with Crippen molar-refractivity contribution in [3.05, 3.63) is 100 Å². The monoisotopic (exact) mass is 592 g/mol. The third-order valence-corrected chi connectivity index (χ3v) is 9.24. The number of phenolic OH excluding ortho intramolecular Hbond substituents is 1. The van der Waals surface area contributed by atoms with Crippen molar-refractivity contribution in [2.75, 3.05) is 30.5 Å². The zero-order valence-electron chi connectivity index (χ0n) is 25.8. The van der Waals surface area contributed by atoms with Gasteiger partial charge in [-0.05, 0) is 116 Å². The number of anilines is 3. The highest BCUT2D eigenvalue weighted by Gasteiger charge is 2.57. The van der Waals surface area contributed by atoms with E-state index < -0.39 is 11.8 Å². The number of nitrogens with one attached hydrogen (secondary N) is 1. The molecular weight excluding hydrogens is 552 g/mol. The molecule has 2 amide bonds. The van der Waals surface area contributed by atoms with Crippen LogP contribution in [0.25, 0.3) is 6.08 Å². The SMILES string of the molecule is COCC1=C2[C@@H](CC/C(C)=C/c3cc(C)c(O)c(C)c3)OC[C@@H]2[C@@H]2C(=O)N(c3ccc(Nc4ccccc4)cc3)C(=O)[C@@H]2C1. The molecule has 3 aliphatic rings. The molecule has 0 aromatic heterocycles. The second-order valence-electron chi connectivity index (χ2n) is 12.3. The first-order valence-corrected chi connectivity index (χ1v) is 15.3. The van der Waals surface area contributed by atoms with E-state index in [1.807, 2.05) is 80.6 Å².